The largest absolute Gasteiger partial charge is 0.493 e. The molecule has 0 spiro atoms. The fraction of sp³-hybridized carbons (Fsp3) is 0.0789. The average molecular weight is 646 g/mol. The van der Waals surface area contributed by atoms with Crippen LogP contribution in [0.15, 0.2) is 144 Å². The molecule has 5 aromatic carbocycles. The second-order valence-electron chi connectivity index (χ2n) is 10.2. The maximum atomic E-state index is 13.6. The van der Waals surface area contributed by atoms with Crippen molar-refractivity contribution in [2.24, 2.45) is 0 Å². The third-order valence-corrected chi connectivity index (χ3v) is 8.13. The van der Waals surface area contributed by atoms with Crippen LogP contribution in [0.2, 0.25) is 0 Å². The summed E-state index contributed by atoms with van der Waals surface area (Å²) in [7, 11) is 0. The molecule has 3 amide bonds. The van der Waals surface area contributed by atoms with Crippen molar-refractivity contribution in [3.63, 3.8) is 0 Å². The summed E-state index contributed by atoms with van der Waals surface area (Å²) < 4.78 is 19.1. The minimum absolute atomic E-state index is 0.0334. The summed E-state index contributed by atoms with van der Waals surface area (Å²) in [6.45, 7) is 2.30. The van der Waals surface area contributed by atoms with Crippen molar-refractivity contribution in [3.05, 3.63) is 162 Å². The van der Waals surface area contributed by atoms with E-state index in [2.05, 4.69) is 16.0 Å². The van der Waals surface area contributed by atoms with Crippen LogP contribution >= 0.6 is 11.8 Å². The maximum absolute atomic E-state index is 13.6. The predicted octanol–water partition coefficient (Wildman–Crippen LogP) is 8.11. The number of ether oxygens (including phenoxy) is 1. The van der Waals surface area contributed by atoms with Crippen LogP contribution in [0.25, 0.3) is 6.08 Å². The molecule has 47 heavy (non-hydrogen) atoms. The first kappa shape index (κ1) is 32.7. The van der Waals surface area contributed by atoms with E-state index in [9.17, 15) is 18.8 Å². The van der Waals surface area contributed by atoms with Crippen LogP contribution < -0.4 is 20.7 Å². The van der Waals surface area contributed by atoms with Crippen molar-refractivity contribution in [2.45, 2.75) is 17.1 Å². The van der Waals surface area contributed by atoms with Crippen molar-refractivity contribution in [3.8, 4) is 5.75 Å². The number of benzene rings is 5. The van der Waals surface area contributed by atoms with Crippen molar-refractivity contribution in [1.82, 2.24) is 5.32 Å². The molecular weight excluding hydrogens is 614 g/mol. The van der Waals surface area contributed by atoms with Crippen molar-refractivity contribution in [2.75, 3.05) is 17.2 Å². The van der Waals surface area contributed by atoms with Gasteiger partial charge < -0.3 is 20.7 Å². The molecule has 5 rings (SSSR count). The number of carbonyl (C=O) groups is 3. The van der Waals surface area contributed by atoms with E-state index < -0.39 is 17.1 Å². The van der Waals surface area contributed by atoms with E-state index in [4.69, 9.17) is 4.74 Å². The Morgan fingerprint density at radius 3 is 2.02 bits per heavy atom. The molecule has 1 unspecified atom stereocenters. The van der Waals surface area contributed by atoms with Gasteiger partial charge in [-0.05, 0) is 85.3 Å². The molecule has 0 aliphatic rings. The summed E-state index contributed by atoms with van der Waals surface area (Å²) in [6, 6.07) is 37.9. The highest BCUT2D eigenvalue weighted by atomic mass is 32.2. The Morgan fingerprint density at radius 1 is 0.745 bits per heavy atom. The summed E-state index contributed by atoms with van der Waals surface area (Å²) in [5.41, 5.74) is 2.84. The molecule has 5 aromatic rings. The number of para-hydroxylation sites is 1. The fourth-order valence-corrected chi connectivity index (χ4v) is 5.60. The lowest BCUT2D eigenvalue weighted by Gasteiger charge is -2.17. The van der Waals surface area contributed by atoms with Gasteiger partial charge in [-0.25, -0.2) is 4.39 Å². The number of anilines is 2. The van der Waals surface area contributed by atoms with Gasteiger partial charge in [-0.1, -0.05) is 66.7 Å². The molecule has 0 fully saturated rings. The van der Waals surface area contributed by atoms with E-state index >= 15 is 0 Å². The second kappa shape index (κ2) is 16.1. The molecule has 9 heteroatoms. The van der Waals surface area contributed by atoms with Crippen LogP contribution in [0.3, 0.4) is 0 Å². The van der Waals surface area contributed by atoms with E-state index in [1.165, 1.54) is 36.0 Å². The highest BCUT2D eigenvalue weighted by Gasteiger charge is 2.23. The zero-order valence-electron chi connectivity index (χ0n) is 25.5. The number of halogens is 1. The predicted molar refractivity (Wildman–Crippen MR) is 185 cm³/mol. The minimum atomic E-state index is -0.602. The Balaban J connectivity index is 1.34. The molecule has 0 saturated heterocycles. The number of hydrogen-bond donors (Lipinski definition) is 3. The lowest BCUT2D eigenvalue weighted by Crippen LogP contribution is -2.30. The molecule has 236 valence electrons. The number of nitrogens with one attached hydrogen (secondary N) is 3. The summed E-state index contributed by atoms with van der Waals surface area (Å²) in [6.07, 6.45) is 1.58. The van der Waals surface area contributed by atoms with Crippen LogP contribution in [0.5, 0.6) is 5.75 Å². The lowest BCUT2D eigenvalue weighted by atomic mass is 10.1. The quantitative estimate of drug-likeness (QED) is 0.0941. The van der Waals surface area contributed by atoms with E-state index in [1.807, 2.05) is 49.4 Å². The first-order valence-electron chi connectivity index (χ1n) is 14.9. The van der Waals surface area contributed by atoms with Gasteiger partial charge in [-0.2, -0.15) is 0 Å². The standard InChI is InChI=1S/C38H32FN3O4S/c1-2-46-34-16-10-9-15-28(34)25-33(42-36(43)27-13-7-4-8-14-27)37(44)40-31-21-23-32(24-22-31)47-35(26-11-5-3-6-12-26)38(45)41-30-19-17-29(39)18-20-30/h3-25,35H,2H2,1H3,(H,40,44)(H,41,45)(H,42,43)/b33-25-. The van der Waals surface area contributed by atoms with Crippen LogP contribution in [0, 0.1) is 5.82 Å². The van der Waals surface area contributed by atoms with Gasteiger partial charge in [-0.15, -0.1) is 11.8 Å². The number of amides is 3. The van der Waals surface area contributed by atoms with Gasteiger partial charge in [0.2, 0.25) is 5.91 Å². The first-order chi connectivity index (χ1) is 22.9. The van der Waals surface area contributed by atoms with E-state index in [0.29, 0.717) is 34.9 Å². The molecule has 0 aliphatic carbocycles. The Bertz CT molecular complexity index is 1850. The van der Waals surface area contributed by atoms with Crippen LogP contribution in [-0.2, 0) is 9.59 Å². The third kappa shape index (κ3) is 9.18. The van der Waals surface area contributed by atoms with Gasteiger partial charge >= 0.3 is 0 Å². The second-order valence-corrected chi connectivity index (χ2v) is 11.4. The third-order valence-electron chi connectivity index (χ3n) is 6.87. The van der Waals surface area contributed by atoms with Gasteiger partial charge in [0.05, 0.1) is 6.61 Å². The Labute approximate surface area is 276 Å². The van der Waals surface area contributed by atoms with E-state index in [-0.39, 0.29) is 17.4 Å². The molecule has 0 bridgehead atoms. The monoisotopic (exact) mass is 645 g/mol. The fourth-order valence-electron chi connectivity index (χ4n) is 4.58. The molecule has 7 nitrogen and oxygen atoms in total. The van der Waals surface area contributed by atoms with Gasteiger partial charge in [0.15, 0.2) is 0 Å². The normalized spacial score (nSPS) is 11.7. The number of rotatable bonds is 12. The molecule has 0 heterocycles. The van der Waals surface area contributed by atoms with Crippen molar-refractivity contribution < 1.29 is 23.5 Å². The maximum Gasteiger partial charge on any atom is 0.272 e. The molecule has 3 N–H and O–H groups in total. The molecule has 0 aliphatic heterocycles. The zero-order chi connectivity index (χ0) is 33.0. The minimum Gasteiger partial charge on any atom is -0.493 e. The summed E-state index contributed by atoms with van der Waals surface area (Å²) in [5, 5.41) is 7.87. The molecular formula is C38H32FN3O4S. The summed E-state index contributed by atoms with van der Waals surface area (Å²) in [5.74, 6) is -1.03. The zero-order valence-corrected chi connectivity index (χ0v) is 26.3. The number of hydrogen-bond acceptors (Lipinski definition) is 5. The van der Waals surface area contributed by atoms with E-state index in [0.717, 1.165) is 10.5 Å². The smallest absolute Gasteiger partial charge is 0.272 e. The summed E-state index contributed by atoms with van der Waals surface area (Å²) in [4.78, 5) is 40.8. The highest BCUT2D eigenvalue weighted by Crippen LogP contribution is 2.37. The van der Waals surface area contributed by atoms with Crippen LogP contribution in [0.1, 0.15) is 33.7 Å². The molecule has 0 radical (unpaired) electrons. The summed E-state index contributed by atoms with van der Waals surface area (Å²) >= 11 is 1.34. The average Bonchev–Trinajstić information content (AvgIpc) is 3.10. The Kier molecular flexibility index (Phi) is 11.2. The van der Waals surface area contributed by atoms with E-state index in [1.54, 1.807) is 72.8 Å². The van der Waals surface area contributed by atoms with Crippen molar-refractivity contribution >= 4 is 46.9 Å². The first-order valence-corrected chi connectivity index (χ1v) is 15.8. The number of carbonyl (C=O) groups excluding carboxylic acids is 3. The molecule has 0 saturated carbocycles. The SMILES string of the molecule is CCOc1ccccc1/C=C(\NC(=O)c1ccccc1)C(=O)Nc1ccc(SC(C(=O)Nc2ccc(F)cc2)c2ccccc2)cc1. The Hall–Kier alpha value is -5.67. The lowest BCUT2D eigenvalue weighted by molar-refractivity contribution is -0.116. The van der Waals surface area contributed by atoms with Crippen molar-refractivity contribution in [1.29, 1.82) is 0 Å². The van der Waals surface area contributed by atoms with Gasteiger partial charge in [0.1, 0.15) is 22.5 Å². The van der Waals surface area contributed by atoms with Gasteiger partial charge in [0.25, 0.3) is 11.8 Å². The topological polar surface area (TPSA) is 96.5 Å². The highest BCUT2D eigenvalue weighted by molar-refractivity contribution is 8.00. The Morgan fingerprint density at radius 2 is 1.34 bits per heavy atom. The van der Waals surface area contributed by atoms with Crippen LogP contribution in [-0.4, -0.2) is 24.3 Å². The number of thioether (sulfide) groups is 1. The molecule has 0 aromatic heterocycles. The van der Waals surface area contributed by atoms with Gasteiger partial charge in [0, 0.05) is 27.4 Å². The van der Waals surface area contributed by atoms with Crippen LogP contribution in [0.4, 0.5) is 15.8 Å². The van der Waals surface area contributed by atoms with Gasteiger partial charge in [-0.3, -0.25) is 14.4 Å². The molecule has 1 atom stereocenters.